The molecule has 1 atom stereocenters. The van der Waals surface area contributed by atoms with Crippen molar-refractivity contribution in [2.75, 3.05) is 13.2 Å². The SMILES string of the molecule is OCCc1cnc(C2CCCN2)o1. The maximum Gasteiger partial charge on any atom is 0.211 e. The quantitative estimate of drug-likeness (QED) is 0.720. The Morgan fingerprint density at radius 1 is 1.69 bits per heavy atom. The number of rotatable bonds is 3. The molecule has 1 aliphatic heterocycles. The van der Waals surface area contributed by atoms with Gasteiger partial charge in [-0.3, -0.25) is 0 Å². The van der Waals surface area contributed by atoms with E-state index in [0.29, 0.717) is 6.42 Å². The molecular formula is C9H14N2O2. The number of aliphatic hydroxyl groups excluding tert-OH is 1. The first kappa shape index (κ1) is 8.72. The molecule has 2 N–H and O–H groups in total. The molecule has 13 heavy (non-hydrogen) atoms. The van der Waals surface area contributed by atoms with Crippen LogP contribution in [0.2, 0.25) is 0 Å². The molecule has 1 aliphatic rings. The minimum absolute atomic E-state index is 0.118. The van der Waals surface area contributed by atoms with Crippen LogP contribution in [-0.4, -0.2) is 23.2 Å². The lowest BCUT2D eigenvalue weighted by atomic mass is 10.2. The number of aliphatic hydroxyl groups is 1. The highest BCUT2D eigenvalue weighted by Gasteiger charge is 2.20. The van der Waals surface area contributed by atoms with Gasteiger partial charge in [-0.2, -0.15) is 0 Å². The minimum atomic E-state index is 0.118. The summed E-state index contributed by atoms with van der Waals surface area (Å²) in [6, 6.07) is 0.285. The highest BCUT2D eigenvalue weighted by molar-refractivity contribution is 4.99. The molecule has 1 aromatic rings. The number of aromatic nitrogens is 1. The van der Waals surface area contributed by atoms with E-state index >= 15 is 0 Å². The van der Waals surface area contributed by atoms with Crippen molar-refractivity contribution in [3.05, 3.63) is 17.8 Å². The Morgan fingerprint density at radius 2 is 2.62 bits per heavy atom. The van der Waals surface area contributed by atoms with Crippen molar-refractivity contribution in [3.8, 4) is 0 Å². The molecule has 1 aromatic heterocycles. The summed E-state index contributed by atoms with van der Waals surface area (Å²) in [5.41, 5.74) is 0. The third kappa shape index (κ3) is 1.89. The smallest absolute Gasteiger partial charge is 0.211 e. The summed E-state index contributed by atoms with van der Waals surface area (Å²) in [5.74, 6) is 1.53. The Hall–Kier alpha value is -0.870. The molecular weight excluding hydrogens is 168 g/mol. The molecule has 4 nitrogen and oxygen atoms in total. The van der Waals surface area contributed by atoms with E-state index in [2.05, 4.69) is 10.3 Å². The molecule has 0 aromatic carbocycles. The Morgan fingerprint density at radius 3 is 3.31 bits per heavy atom. The standard InChI is InChI=1S/C9H14N2O2/c12-5-3-7-6-11-9(13-7)8-2-1-4-10-8/h6,8,10,12H,1-5H2. The molecule has 1 saturated heterocycles. The zero-order valence-electron chi connectivity index (χ0n) is 7.49. The zero-order chi connectivity index (χ0) is 9.10. The first-order chi connectivity index (χ1) is 6.40. The normalized spacial score (nSPS) is 22.4. The predicted octanol–water partition coefficient (Wildman–Crippen LogP) is 0.634. The fraction of sp³-hybridized carbons (Fsp3) is 0.667. The van der Waals surface area contributed by atoms with Crippen molar-refractivity contribution in [1.29, 1.82) is 0 Å². The van der Waals surface area contributed by atoms with E-state index in [9.17, 15) is 0 Å². The third-order valence-corrected chi connectivity index (χ3v) is 2.29. The summed E-state index contributed by atoms with van der Waals surface area (Å²) in [6.45, 7) is 1.16. The number of hydrogen-bond acceptors (Lipinski definition) is 4. The first-order valence-electron chi connectivity index (χ1n) is 4.69. The van der Waals surface area contributed by atoms with Crippen LogP contribution in [0, 0.1) is 0 Å². The summed E-state index contributed by atoms with van der Waals surface area (Å²) >= 11 is 0. The fourth-order valence-corrected chi connectivity index (χ4v) is 1.60. The Bertz CT molecular complexity index is 266. The molecule has 1 fully saturated rings. The number of nitrogens with zero attached hydrogens (tertiary/aromatic N) is 1. The van der Waals surface area contributed by atoms with E-state index in [0.717, 1.165) is 24.6 Å². The van der Waals surface area contributed by atoms with Crippen LogP contribution >= 0.6 is 0 Å². The van der Waals surface area contributed by atoms with Gasteiger partial charge in [0.25, 0.3) is 0 Å². The summed E-state index contributed by atoms with van der Waals surface area (Å²) in [4.78, 5) is 4.18. The molecule has 1 unspecified atom stereocenters. The Balaban J connectivity index is 2.03. The average molecular weight is 182 g/mol. The lowest BCUT2D eigenvalue weighted by Gasteiger charge is -2.03. The highest BCUT2D eigenvalue weighted by atomic mass is 16.4. The van der Waals surface area contributed by atoms with Gasteiger partial charge in [-0.05, 0) is 19.4 Å². The lowest BCUT2D eigenvalue weighted by Crippen LogP contribution is -2.12. The van der Waals surface area contributed by atoms with Crippen LogP contribution < -0.4 is 5.32 Å². The average Bonchev–Trinajstić information content (AvgIpc) is 2.70. The second kappa shape index (κ2) is 3.89. The van der Waals surface area contributed by atoms with Gasteiger partial charge in [-0.25, -0.2) is 4.98 Å². The topological polar surface area (TPSA) is 58.3 Å². The number of oxazole rings is 1. The van der Waals surface area contributed by atoms with E-state index in [1.807, 2.05) is 0 Å². The Kier molecular flexibility index (Phi) is 2.61. The van der Waals surface area contributed by atoms with Crippen molar-refractivity contribution < 1.29 is 9.52 Å². The van der Waals surface area contributed by atoms with E-state index in [1.165, 1.54) is 6.42 Å². The van der Waals surface area contributed by atoms with Gasteiger partial charge in [0, 0.05) is 6.42 Å². The van der Waals surface area contributed by atoms with Gasteiger partial charge < -0.3 is 14.8 Å². The molecule has 0 bridgehead atoms. The molecule has 4 heteroatoms. The third-order valence-electron chi connectivity index (χ3n) is 2.29. The molecule has 0 amide bonds. The van der Waals surface area contributed by atoms with Crippen LogP contribution in [0.5, 0.6) is 0 Å². The molecule has 0 aliphatic carbocycles. The highest BCUT2D eigenvalue weighted by Crippen LogP contribution is 2.22. The molecule has 0 radical (unpaired) electrons. The second-order valence-corrected chi connectivity index (χ2v) is 3.29. The maximum absolute atomic E-state index is 8.69. The van der Waals surface area contributed by atoms with Crippen molar-refractivity contribution in [2.24, 2.45) is 0 Å². The summed E-state index contributed by atoms with van der Waals surface area (Å²) in [5, 5.41) is 12.0. The second-order valence-electron chi connectivity index (χ2n) is 3.29. The van der Waals surface area contributed by atoms with Gasteiger partial charge in [-0.15, -0.1) is 0 Å². The van der Waals surface area contributed by atoms with Crippen LogP contribution in [0.1, 0.15) is 30.5 Å². The van der Waals surface area contributed by atoms with Crippen molar-refractivity contribution in [2.45, 2.75) is 25.3 Å². The van der Waals surface area contributed by atoms with Gasteiger partial charge in [0.05, 0.1) is 18.8 Å². The van der Waals surface area contributed by atoms with Gasteiger partial charge >= 0.3 is 0 Å². The predicted molar refractivity (Wildman–Crippen MR) is 47.3 cm³/mol. The number of hydrogen-bond donors (Lipinski definition) is 2. The van der Waals surface area contributed by atoms with Crippen molar-refractivity contribution in [1.82, 2.24) is 10.3 Å². The lowest BCUT2D eigenvalue weighted by molar-refractivity contribution is 0.283. The summed E-state index contributed by atoms with van der Waals surface area (Å²) < 4.78 is 5.47. The van der Waals surface area contributed by atoms with Gasteiger partial charge in [0.15, 0.2) is 0 Å². The van der Waals surface area contributed by atoms with Crippen LogP contribution in [-0.2, 0) is 6.42 Å². The van der Waals surface area contributed by atoms with E-state index in [1.54, 1.807) is 6.20 Å². The zero-order valence-corrected chi connectivity index (χ0v) is 7.49. The van der Waals surface area contributed by atoms with Crippen LogP contribution in [0.25, 0.3) is 0 Å². The fourth-order valence-electron chi connectivity index (χ4n) is 1.60. The monoisotopic (exact) mass is 182 g/mol. The van der Waals surface area contributed by atoms with Gasteiger partial charge in [0.2, 0.25) is 5.89 Å². The summed E-state index contributed by atoms with van der Waals surface area (Å²) in [7, 11) is 0. The van der Waals surface area contributed by atoms with Crippen molar-refractivity contribution in [3.63, 3.8) is 0 Å². The molecule has 0 spiro atoms. The van der Waals surface area contributed by atoms with Gasteiger partial charge in [0.1, 0.15) is 5.76 Å². The van der Waals surface area contributed by atoms with Crippen molar-refractivity contribution >= 4 is 0 Å². The van der Waals surface area contributed by atoms with E-state index < -0.39 is 0 Å². The number of nitrogens with one attached hydrogen (secondary N) is 1. The van der Waals surface area contributed by atoms with Crippen LogP contribution in [0.4, 0.5) is 0 Å². The minimum Gasteiger partial charge on any atom is -0.444 e. The van der Waals surface area contributed by atoms with Crippen LogP contribution in [0.3, 0.4) is 0 Å². The molecule has 2 heterocycles. The van der Waals surface area contributed by atoms with Gasteiger partial charge in [-0.1, -0.05) is 0 Å². The van der Waals surface area contributed by atoms with Crippen LogP contribution in [0.15, 0.2) is 10.6 Å². The molecule has 0 saturated carbocycles. The Labute approximate surface area is 77.0 Å². The maximum atomic E-state index is 8.69. The van der Waals surface area contributed by atoms with E-state index in [4.69, 9.17) is 9.52 Å². The summed E-state index contributed by atoms with van der Waals surface area (Å²) in [6.07, 6.45) is 4.53. The molecule has 2 rings (SSSR count). The largest absolute Gasteiger partial charge is 0.444 e. The molecule has 72 valence electrons. The first-order valence-corrected chi connectivity index (χ1v) is 4.69. The van der Waals surface area contributed by atoms with E-state index in [-0.39, 0.29) is 12.6 Å².